The number of benzene rings is 3. The summed E-state index contributed by atoms with van der Waals surface area (Å²) < 4.78 is 6.03. The summed E-state index contributed by atoms with van der Waals surface area (Å²) in [6.07, 6.45) is 3.05. The minimum absolute atomic E-state index is 0.0397. The van der Waals surface area contributed by atoms with E-state index in [9.17, 15) is 0 Å². The Kier molecular flexibility index (Phi) is 6.92. The zero-order valence-corrected chi connectivity index (χ0v) is 21.3. The van der Waals surface area contributed by atoms with E-state index < -0.39 is 0 Å². The van der Waals surface area contributed by atoms with Crippen LogP contribution in [0.15, 0.2) is 125 Å². The molecular weight excluding hydrogens is 464 g/mol. The van der Waals surface area contributed by atoms with Crippen LogP contribution in [0.4, 0.5) is 5.69 Å². The maximum Gasteiger partial charge on any atom is 0.134 e. The maximum atomic E-state index is 6.17. The zero-order valence-electron chi connectivity index (χ0n) is 20.6. The van der Waals surface area contributed by atoms with Crippen LogP contribution in [0.2, 0.25) is 5.02 Å². The summed E-state index contributed by atoms with van der Waals surface area (Å²) in [6, 6.07) is 32.7. The third kappa shape index (κ3) is 5.07. The molecule has 36 heavy (non-hydrogen) atoms. The highest BCUT2D eigenvalue weighted by Gasteiger charge is 2.33. The molecule has 0 saturated carbocycles. The number of hydrazone groups is 1. The van der Waals surface area contributed by atoms with Crippen molar-refractivity contribution in [3.8, 4) is 0 Å². The molecule has 0 N–H and O–H groups in total. The van der Waals surface area contributed by atoms with Crippen molar-refractivity contribution in [3.63, 3.8) is 0 Å². The fraction of sp³-hybridized carbons (Fsp3) is 0.156. The second-order valence-electron chi connectivity index (χ2n) is 9.16. The second kappa shape index (κ2) is 10.4. The van der Waals surface area contributed by atoms with Crippen molar-refractivity contribution < 1.29 is 4.42 Å². The lowest BCUT2D eigenvalue weighted by Crippen LogP contribution is -2.29. The van der Waals surface area contributed by atoms with Gasteiger partial charge in [-0.05, 0) is 65.9 Å². The van der Waals surface area contributed by atoms with Crippen molar-refractivity contribution in [2.45, 2.75) is 32.2 Å². The van der Waals surface area contributed by atoms with E-state index in [1.165, 1.54) is 5.56 Å². The quantitative estimate of drug-likeness (QED) is 0.241. The molecule has 0 fully saturated rings. The van der Waals surface area contributed by atoms with Gasteiger partial charge in [-0.25, -0.2) is 0 Å². The van der Waals surface area contributed by atoms with Crippen molar-refractivity contribution >= 4 is 28.6 Å². The lowest BCUT2D eigenvalue weighted by atomic mass is 9.88. The van der Waals surface area contributed by atoms with E-state index in [-0.39, 0.29) is 12.0 Å². The summed E-state index contributed by atoms with van der Waals surface area (Å²) in [5.74, 6) is 1.84. The number of rotatable bonds is 7. The van der Waals surface area contributed by atoms with Gasteiger partial charge < -0.3 is 4.42 Å². The van der Waals surface area contributed by atoms with Crippen molar-refractivity contribution in [3.05, 3.63) is 143 Å². The summed E-state index contributed by atoms with van der Waals surface area (Å²) in [5.41, 5.74) is 6.36. The molecule has 0 spiro atoms. The van der Waals surface area contributed by atoms with Crippen LogP contribution >= 0.6 is 11.6 Å². The summed E-state index contributed by atoms with van der Waals surface area (Å²) in [7, 11) is 0. The summed E-state index contributed by atoms with van der Waals surface area (Å²) in [4.78, 5) is 0. The Morgan fingerprint density at radius 2 is 1.64 bits per heavy atom. The molecule has 3 nitrogen and oxygen atoms in total. The van der Waals surface area contributed by atoms with Crippen LogP contribution in [0, 0.1) is 6.92 Å². The van der Waals surface area contributed by atoms with Gasteiger partial charge in [-0.15, -0.1) is 0 Å². The molecule has 0 amide bonds. The maximum absolute atomic E-state index is 6.17. The van der Waals surface area contributed by atoms with E-state index in [1.807, 2.05) is 67.6 Å². The smallest absolute Gasteiger partial charge is 0.134 e. The fourth-order valence-electron chi connectivity index (χ4n) is 4.66. The number of aryl methyl sites for hydroxylation is 1. The molecule has 0 saturated heterocycles. The van der Waals surface area contributed by atoms with Gasteiger partial charge in [0.2, 0.25) is 0 Å². The normalized spacial score (nSPS) is 16.6. The Morgan fingerprint density at radius 3 is 2.28 bits per heavy atom. The number of hydrogen-bond acceptors (Lipinski definition) is 3. The first-order chi connectivity index (χ1) is 17.5. The molecule has 4 aromatic rings. The van der Waals surface area contributed by atoms with Crippen molar-refractivity contribution in [2.75, 3.05) is 5.01 Å². The molecule has 5 rings (SSSR count). The largest absolute Gasteiger partial charge is 0.461 e. The van der Waals surface area contributed by atoms with Gasteiger partial charge in [0.15, 0.2) is 0 Å². The van der Waals surface area contributed by atoms with Gasteiger partial charge in [-0.3, -0.25) is 5.01 Å². The van der Waals surface area contributed by atoms with Crippen LogP contribution in [0.1, 0.15) is 41.9 Å². The van der Waals surface area contributed by atoms with Gasteiger partial charge in [-0.1, -0.05) is 91.8 Å². The molecule has 1 aliphatic heterocycles. The fourth-order valence-corrected chi connectivity index (χ4v) is 4.79. The van der Waals surface area contributed by atoms with Crippen molar-refractivity contribution in [1.82, 2.24) is 0 Å². The topological polar surface area (TPSA) is 28.7 Å². The average Bonchev–Trinajstić information content (AvgIpc) is 3.55. The molecule has 180 valence electrons. The van der Waals surface area contributed by atoms with E-state index in [0.29, 0.717) is 5.02 Å². The SMILES string of the molecule is C=C(/C(=C\C(C)c1ccccc1)C1CC(c2ccc(Cl)cc2)=NN1c1ccccc1)c1ccc(C)o1. The highest BCUT2D eigenvalue weighted by molar-refractivity contribution is 6.30. The molecule has 3 aromatic carbocycles. The first kappa shape index (κ1) is 23.9. The van der Waals surface area contributed by atoms with Gasteiger partial charge in [-0.2, -0.15) is 5.10 Å². The number of para-hydroxylation sites is 1. The number of hydrogen-bond donors (Lipinski definition) is 0. The van der Waals surface area contributed by atoms with Crippen LogP contribution in [-0.2, 0) is 0 Å². The van der Waals surface area contributed by atoms with Gasteiger partial charge in [0.05, 0.1) is 17.4 Å². The van der Waals surface area contributed by atoms with E-state index in [4.69, 9.17) is 21.1 Å². The second-order valence-corrected chi connectivity index (χ2v) is 9.60. The Balaban J connectivity index is 1.60. The van der Waals surface area contributed by atoms with E-state index >= 15 is 0 Å². The third-order valence-corrected chi connectivity index (χ3v) is 6.86. The lowest BCUT2D eigenvalue weighted by Gasteiger charge is -2.27. The minimum atomic E-state index is -0.0397. The number of furan rings is 1. The minimum Gasteiger partial charge on any atom is -0.461 e. The summed E-state index contributed by atoms with van der Waals surface area (Å²) >= 11 is 6.17. The van der Waals surface area contributed by atoms with Crippen LogP contribution < -0.4 is 5.01 Å². The summed E-state index contributed by atoms with van der Waals surface area (Å²) in [6.45, 7) is 8.69. The molecule has 0 bridgehead atoms. The Morgan fingerprint density at radius 1 is 0.972 bits per heavy atom. The van der Waals surface area contributed by atoms with Crippen molar-refractivity contribution in [2.24, 2.45) is 5.10 Å². The molecule has 2 heterocycles. The lowest BCUT2D eigenvalue weighted by molar-refractivity contribution is 0.521. The van der Waals surface area contributed by atoms with Gasteiger partial charge in [0.25, 0.3) is 0 Å². The first-order valence-corrected chi connectivity index (χ1v) is 12.6. The molecule has 0 aliphatic carbocycles. The van der Waals surface area contributed by atoms with Crippen LogP contribution in [0.5, 0.6) is 0 Å². The zero-order chi connectivity index (χ0) is 25.1. The van der Waals surface area contributed by atoms with E-state index in [2.05, 4.69) is 61.0 Å². The predicted molar refractivity (Wildman–Crippen MR) is 151 cm³/mol. The van der Waals surface area contributed by atoms with E-state index in [1.54, 1.807) is 0 Å². The first-order valence-electron chi connectivity index (χ1n) is 12.2. The van der Waals surface area contributed by atoms with Gasteiger partial charge in [0, 0.05) is 17.0 Å². The summed E-state index contributed by atoms with van der Waals surface area (Å²) in [5, 5.41) is 7.95. The number of anilines is 1. The predicted octanol–water partition coefficient (Wildman–Crippen LogP) is 8.67. The molecular formula is C32H29ClN2O. The van der Waals surface area contributed by atoms with E-state index in [0.717, 1.165) is 46.1 Å². The third-order valence-electron chi connectivity index (χ3n) is 6.61. The number of halogens is 1. The van der Waals surface area contributed by atoms with Gasteiger partial charge >= 0.3 is 0 Å². The highest BCUT2D eigenvalue weighted by Crippen LogP contribution is 2.38. The molecule has 1 aliphatic rings. The molecule has 1 aromatic heterocycles. The standard InChI is InChI=1S/C32H29ClN2O/c1-22(25-10-6-4-7-11-25)20-29(24(3)32-19-14-23(2)36-32)31-21-30(26-15-17-27(33)18-16-26)34-35(31)28-12-8-5-9-13-28/h4-20,22,31H,3,21H2,1-2H3/b29-20+. The van der Waals surface area contributed by atoms with Crippen LogP contribution in [0.3, 0.4) is 0 Å². The molecule has 2 unspecified atom stereocenters. The van der Waals surface area contributed by atoms with Gasteiger partial charge in [0.1, 0.15) is 11.5 Å². The van der Waals surface area contributed by atoms with Crippen molar-refractivity contribution in [1.29, 1.82) is 0 Å². The monoisotopic (exact) mass is 492 g/mol. The van der Waals surface area contributed by atoms with Crippen LogP contribution in [0.25, 0.3) is 5.57 Å². The number of nitrogens with zero attached hydrogens (tertiary/aromatic N) is 2. The Hall–Kier alpha value is -3.82. The molecule has 4 heteroatoms. The Bertz CT molecular complexity index is 1400. The Labute approximate surface area is 218 Å². The molecule has 0 radical (unpaired) electrons. The van der Waals surface area contributed by atoms with Crippen LogP contribution in [-0.4, -0.2) is 11.8 Å². The number of allylic oxidation sites excluding steroid dienone is 1. The average molecular weight is 493 g/mol. The highest BCUT2D eigenvalue weighted by atomic mass is 35.5. The molecule has 2 atom stereocenters.